The molecular formula is C21H18F3N3O4S. The highest BCUT2D eigenvalue weighted by Crippen LogP contribution is 2.24. The van der Waals surface area contributed by atoms with Gasteiger partial charge in [-0.25, -0.2) is 18.1 Å². The summed E-state index contributed by atoms with van der Waals surface area (Å²) < 4.78 is 66.9. The zero-order chi connectivity index (χ0) is 23.2. The molecule has 1 aromatic heterocycles. The van der Waals surface area contributed by atoms with Crippen LogP contribution in [0.5, 0.6) is 5.75 Å². The van der Waals surface area contributed by atoms with Crippen molar-refractivity contribution in [1.82, 2.24) is 9.71 Å². The Morgan fingerprint density at radius 1 is 0.938 bits per heavy atom. The van der Waals surface area contributed by atoms with Gasteiger partial charge >= 0.3 is 6.36 Å². The standard InChI is InChI=1S/C21H18F3N3O4S/c22-21(23,24)31-17-7-9-18(10-8-17)32(29,30)26-13-12-20(28)27-19-11-6-16(14-25-19)15-4-2-1-3-5-15/h1-11,14,26H,12-13H2,(H,25,27,28). The molecule has 32 heavy (non-hydrogen) atoms. The molecule has 0 unspecified atom stereocenters. The van der Waals surface area contributed by atoms with Gasteiger partial charge in [-0.3, -0.25) is 4.79 Å². The monoisotopic (exact) mass is 465 g/mol. The smallest absolute Gasteiger partial charge is 0.406 e. The van der Waals surface area contributed by atoms with Gasteiger partial charge in [-0.05, 0) is 42.0 Å². The minimum Gasteiger partial charge on any atom is -0.406 e. The van der Waals surface area contributed by atoms with Crippen LogP contribution in [0.2, 0.25) is 0 Å². The Balaban J connectivity index is 1.49. The molecule has 0 saturated carbocycles. The van der Waals surface area contributed by atoms with Gasteiger partial charge in [0.05, 0.1) is 4.90 Å². The van der Waals surface area contributed by atoms with Gasteiger partial charge in [0, 0.05) is 24.7 Å². The third-order valence-corrected chi connectivity index (χ3v) is 5.63. The summed E-state index contributed by atoms with van der Waals surface area (Å²) in [5.41, 5.74) is 1.85. The Kier molecular flexibility index (Phi) is 7.11. The molecule has 3 aromatic rings. The van der Waals surface area contributed by atoms with Crippen molar-refractivity contribution in [3.63, 3.8) is 0 Å². The van der Waals surface area contributed by atoms with Crippen molar-refractivity contribution in [2.45, 2.75) is 17.7 Å². The van der Waals surface area contributed by atoms with Crippen molar-refractivity contribution in [3.8, 4) is 16.9 Å². The number of carbonyl (C=O) groups excluding carboxylic acids is 1. The lowest BCUT2D eigenvalue weighted by Crippen LogP contribution is -2.28. The van der Waals surface area contributed by atoms with Crippen LogP contribution in [-0.4, -0.2) is 32.2 Å². The molecule has 0 aliphatic carbocycles. The predicted octanol–water partition coefficient (Wildman–Crippen LogP) is 3.95. The molecule has 11 heteroatoms. The molecule has 0 bridgehead atoms. The topological polar surface area (TPSA) is 97.4 Å². The molecular weight excluding hydrogens is 447 g/mol. The van der Waals surface area contributed by atoms with Gasteiger partial charge in [0.15, 0.2) is 0 Å². The molecule has 3 rings (SSSR count). The number of halogens is 3. The van der Waals surface area contributed by atoms with E-state index in [1.807, 2.05) is 30.3 Å². The second-order valence-corrected chi connectivity index (χ2v) is 8.28. The third kappa shape index (κ3) is 6.79. The van der Waals surface area contributed by atoms with Crippen LogP contribution in [-0.2, 0) is 14.8 Å². The number of alkyl halides is 3. The summed E-state index contributed by atoms with van der Waals surface area (Å²) in [6.07, 6.45) is -3.43. The average molecular weight is 465 g/mol. The molecule has 1 heterocycles. The van der Waals surface area contributed by atoms with E-state index < -0.39 is 28.0 Å². The van der Waals surface area contributed by atoms with Crippen LogP contribution in [0.25, 0.3) is 11.1 Å². The van der Waals surface area contributed by atoms with Crippen molar-refractivity contribution >= 4 is 21.7 Å². The fourth-order valence-electron chi connectivity index (χ4n) is 2.68. The first-order valence-electron chi connectivity index (χ1n) is 9.29. The SMILES string of the molecule is O=C(CCNS(=O)(=O)c1ccc(OC(F)(F)F)cc1)Nc1ccc(-c2ccccc2)cn1. The summed E-state index contributed by atoms with van der Waals surface area (Å²) in [7, 11) is -4.01. The van der Waals surface area contributed by atoms with Gasteiger partial charge in [0.2, 0.25) is 15.9 Å². The number of nitrogens with zero attached hydrogens (tertiary/aromatic N) is 1. The minimum absolute atomic E-state index is 0.170. The van der Waals surface area contributed by atoms with Crippen molar-refractivity contribution in [3.05, 3.63) is 72.9 Å². The maximum Gasteiger partial charge on any atom is 0.573 e. The minimum atomic E-state index is -4.87. The van der Waals surface area contributed by atoms with Crippen molar-refractivity contribution < 1.29 is 31.1 Å². The lowest BCUT2D eigenvalue weighted by Gasteiger charge is -2.10. The van der Waals surface area contributed by atoms with Gasteiger partial charge in [-0.2, -0.15) is 0 Å². The van der Waals surface area contributed by atoms with Gasteiger partial charge in [0.25, 0.3) is 0 Å². The van der Waals surface area contributed by atoms with Gasteiger partial charge in [-0.15, -0.1) is 13.2 Å². The van der Waals surface area contributed by atoms with Gasteiger partial charge in [0.1, 0.15) is 11.6 Å². The van der Waals surface area contributed by atoms with Crippen molar-refractivity contribution in [2.75, 3.05) is 11.9 Å². The van der Waals surface area contributed by atoms with Crippen LogP contribution in [0, 0.1) is 0 Å². The van der Waals surface area contributed by atoms with Crippen LogP contribution in [0.1, 0.15) is 6.42 Å². The molecule has 168 valence electrons. The molecule has 2 N–H and O–H groups in total. The van der Waals surface area contributed by atoms with Crippen LogP contribution in [0.15, 0.2) is 77.8 Å². The number of ether oxygens (including phenoxy) is 1. The number of amides is 1. The number of benzene rings is 2. The first kappa shape index (κ1) is 23.2. The normalized spacial score (nSPS) is 11.7. The molecule has 0 atom stereocenters. The molecule has 7 nitrogen and oxygen atoms in total. The maximum absolute atomic E-state index is 12.2. The molecule has 0 aliphatic heterocycles. The summed E-state index contributed by atoms with van der Waals surface area (Å²) in [5, 5.41) is 2.57. The molecule has 0 aliphatic rings. The second kappa shape index (κ2) is 9.79. The first-order valence-corrected chi connectivity index (χ1v) is 10.8. The summed E-state index contributed by atoms with van der Waals surface area (Å²) in [5.74, 6) is -0.680. The van der Waals surface area contributed by atoms with E-state index in [-0.39, 0.29) is 17.9 Å². The third-order valence-electron chi connectivity index (χ3n) is 4.15. The van der Waals surface area contributed by atoms with E-state index in [4.69, 9.17) is 0 Å². The lowest BCUT2D eigenvalue weighted by atomic mass is 10.1. The summed E-state index contributed by atoms with van der Waals surface area (Å²) in [6, 6.07) is 16.7. The van der Waals surface area contributed by atoms with E-state index in [1.54, 1.807) is 18.3 Å². The number of hydrogen-bond donors (Lipinski definition) is 2. The van der Waals surface area contributed by atoms with E-state index in [0.29, 0.717) is 5.82 Å². The molecule has 2 aromatic carbocycles. The Morgan fingerprint density at radius 2 is 1.62 bits per heavy atom. The maximum atomic E-state index is 12.2. The number of pyridine rings is 1. The highest BCUT2D eigenvalue weighted by molar-refractivity contribution is 7.89. The van der Waals surface area contributed by atoms with Gasteiger partial charge < -0.3 is 10.1 Å². The van der Waals surface area contributed by atoms with E-state index in [2.05, 4.69) is 19.8 Å². The van der Waals surface area contributed by atoms with Crippen LogP contribution in [0.4, 0.5) is 19.0 Å². The van der Waals surface area contributed by atoms with Crippen LogP contribution >= 0.6 is 0 Å². The fraction of sp³-hybridized carbons (Fsp3) is 0.143. The van der Waals surface area contributed by atoms with E-state index in [0.717, 1.165) is 35.4 Å². The second-order valence-electron chi connectivity index (χ2n) is 6.51. The number of sulfonamides is 1. The van der Waals surface area contributed by atoms with Gasteiger partial charge in [-0.1, -0.05) is 30.3 Å². The number of rotatable bonds is 8. The van der Waals surface area contributed by atoms with Crippen LogP contribution < -0.4 is 14.8 Å². The largest absolute Gasteiger partial charge is 0.573 e. The molecule has 0 radical (unpaired) electrons. The zero-order valence-corrected chi connectivity index (χ0v) is 17.3. The molecule has 0 fully saturated rings. The van der Waals surface area contributed by atoms with E-state index in [1.165, 1.54) is 0 Å². The number of carbonyl (C=O) groups is 1. The Morgan fingerprint density at radius 3 is 2.22 bits per heavy atom. The van der Waals surface area contributed by atoms with E-state index >= 15 is 0 Å². The quantitative estimate of drug-likeness (QED) is 0.525. The summed E-state index contributed by atoms with van der Waals surface area (Å²) in [6.45, 7) is -0.211. The molecule has 1 amide bonds. The number of hydrogen-bond acceptors (Lipinski definition) is 5. The molecule has 0 saturated heterocycles. The van der Waals surface area contributed by atoms with Crippen LogP contribution in [0.3, 0.4) is 0 Å². The number of nitrogens with one attached hydrogen (secondary N) is 2. The number of aromatic nitrogens is 1. The zero-order valence-electron chi connectivity index (χ0n) is 16.5. The highest BCUT2D eigenvalue weighted by atomic mass is 32.2. The van der Waals surface area contributed by atoms with Crippen molar-refractivity contribution in [1.29, 1.82) is 0 Å². The lowest BCUT2D eigenvalue weighted by molar-refractivity contribution is -0.274. The Hall–Kier alpha value is -3.44. The summed E-state index contributed by atoms with van der Waals surface area (Å²) in [4.78, 5) is 16.0. The predicted molar refractivity (Wildman–Crippen MR) is 111 cm³/mol. The first-order chi connectivity index (χ1) is 15.1. The Labute approximate surface area is 182 Å². The molecule has 0 spiro atoms. The number of anilines is 1. The average Bonchev–Trinajstić information content (AvgIpc) is 2.74. The Bertz CT molecular complexity index is 1150. The van der Waals surface area contributed by atoms with E-state index in [9.17, 15) is 26.4 Å². The summed E-state index contributed by atoms with van der Waals surface area (Å²) >= 11 is 0. The highest BCUT2D eigenvalue weighted by Gasteiger charge is 2.31. The fourth-order valence-corrected chi connectivity index (χ4v) is 3.71. The van der Waals surface area contributed by atoms with Crippen molar-refractivity contribution in [2.24, 2.45) is 0 Å².